The molecule has 1 spiro atoms. The minimum atomic E-state index is -0.697. The fraction of sp³-hybridized carbons (Fsp3) is 0.952. The van der Waals surface area contributed by atoms with Crippen molar-refractivity contribution >= 4 is 5.91 Å². The van der Waals surface area contributed by atoms with Crippen LogP contribution < -0.4 is 0 Å². The average molecular weight is 351 g/mol. The number of nitrogens with zero attached hydrogens (tertiary/aromatic N) is 2. The van der Waals surface area contributed by atoms with Crippen LogP contribution in [0.5, 0.6) is 0 Å². The molecular formula is C21H38N2O2. The van der Waals surface area contributed by atoms with E-state index in [1.54, 1.807) is 7.11 Å². The molecule has 144 valence electrons. The van der Waals surface area contributed by atoms with Crippen LogP contribution in [-0.2, 0) is 9.53 Å². The highest BCUT2D eigenvalue weighted by Gasteiger charge is 2.51. The zero-order valence-electron chi connectivity index (χ0n) is 17.1. The molecule has 1 heterocycles. The number of likely N-dealkylation sites (tertiary alicyclic amines) is 1. The first kappa shape index (κ1) is 19.2. The summed E-state index contributed by atoms with van der Waals surface area (Å²) in [6.45, 7) is 5.62. The summed E-state index contributed by atoms with van der Waals surface area (Å²) in [5.41, 5.74) is 0.0695. The van der Waals surface area contributed by atoms with Crippen LogP contribution in [-0.4, -0.2) is 61.1 Å². The van der Waals surface area contributed by atoms with E-state index in [0.29, 0.717) is 11.0 Å². The van der Waals surface area contributed by atoms with Gasteiger partial charge < -0.3 is 14.5 Å². The number of hydrogen-bond donors (Lipinski definition) is 0. The summed E-state index contributed by atoms with van der Waals surface area (Å²) in [6.07, 6.45) is 12.0. The van der Waals surface area contributed by atoms with E-state index in [-0.39, 0.29) is 5.91 Å². The summed E-state index contributed by atoms with van der Waals surface area (Å²) < 4.78 is 5.42. The summed E-state index contributed by atoms with van der Waals surface area (Å²) in [7, 11) is 6.22. The van der Waals surface area contributed by atoms with Crippen LogP contribution in [0.1, 0.15) is 71.6 Å². The molecule has 1 amide bonds. The number of carbonyl (C=O) groups excluding carboxylic acids is 1. The highest BCUT2D eigenvalue weighted by atomic mass is 16.5. The predicted molar refractivity (Wildman–Crippen MR) is 102 cm³/mol. The van der Waals surface area contributed by atoms with Gasteiger partial charge in [0.05, 0.1) is 0 Å². The number of rotatable bonds is 4. The molecule has 3 fully saturated rings. The first-order valence-corrected chi connectivity index (χ1v) is 10.3. The van der Waals surface area contributed by atoms with E-state index >= 15 is 0 Å². The maximum Gasteiger partial charge on any atom is 0.254 e. The normalized spacial score (nSPS) is 34.4. The Bertz CT molecular complexity index is 486. The largest absolute Gasteiger partial charge is 0.369 e. The molecule has 0 aromatic rings. The summed E-state index contributed by atoms with van der Waals surface area (Å²) >= 11 is 0. The summed E-state index contributed by atoms with van der Waals surface area (Å²) in [4.78, 5) is 17.4. The molecule has 4 heteroatoms. The van der Waals surface area contributed by atoms with Gasteiger partial charge in [0.2, 0.25) is 0 Å². The molecule has 2 saturated carbocycles. The Morgan fingerprint density at radius 3 is 2.20 bits per heavy atom. The number of methoxy groups -OCH3 is 1. The van der Waals surface area contributed by atoms with Crippen LogP contribution >= 0.6 is 0 Å². The van der Waals surface area contributed by atoms with E-state index < -0.39 is 5.60 Å². The van der Waals surface area contributed by atoms with Gasteiger partial charge in [-0.2, -0.15) is 0 Å². The highest BCUT2D eigenvalue weighted by molar-refractivity contribution is 5.84. The molecule has 0 radical (unpaired) electrons. The Kier molecular flexibility index (Phi) is 5.25. The lowest BCUT2D eigenvalue weighted by atomic mass is 9.62. The molecule has 3 rings (SSSR count). The predicted octanol–water partition coefficient (Wildman–Crippen LogP) is 3.69. The zero-order valence-corrected chi connectivity index (χ0v) is 17.1. The quantitative estimate of drug-likeness (QED) is 0.775. The minimum Gasteiger partial charge on any atom is -0.369 e. The van der Waals surface area contributed by atoms with Crippen molar-refractivity contribution < 1.29 is 9.53 Å². The molecule has 4 nitrogen and oxygen atoms in total. The van der Waals surface area contributed by atoms with Gasteiger partial charge in [-0.05, 0) is 84.2 Å². The van der Waals surface area contributed by atoms with Gasteiger partial charge in [0.15, 0.2) is 0 Å². The van der Waals surface area contributed by atoms with Gasteiger partial charge in [0, 0.05) is 25.7 Å². The molecule has 2 aliphatic carbocycles. The SMILES string of the molecule is COC(C)(C)C(=O)N1CCC2(CCC(C3CCCC3)(N(C)C)CC2)C1. The van der Waals surface area contributed by atoms with Gasteiger partial charge in [0.25, 0.3) is 5.91 Å². The second-order valence-corrected chi connectivity index (χ2v) is 9.67. The van der Waals surface area contributed by atoms with E-state index in [4.69, 9.17) is 4.74 Å². The van der Waals surface area contributed by atoms with Crippen LogP contribution in [0.4, 0.5) is 0 Å². The number of hydrogen-bond acceptors (Lipinski definition) is 3. The van der Waals surface area contributed by atoms with Gasteiger partial charge in [-0.15, -0.1) is 0 Å². The minimum absolute atomic E-state index is 0.159. The van der Waals surface area contributed by atoms with Crippen LogP contribution in [0.2, 0.25) is 0 Å². The van der Waals surface area contributed by atoms with Gasteiger partial charge in [-0.1, -0.05) is 12.8 Å². The van der Waals surface area contributed by atoms with Crippen molar-refractivity contribution in [2.75, 3.05) is 34.3 Å². The third kappa shape index (κ3) is 3.37. The highest BCUT2D eigenvalue weighted by Crippen LogP contribution is 2.53. The first-order chi connectivity index (χ1) is 11.7. The fourth-order valence-corrected chi connectivity index (χ4v) is 5.88. The van der Waals surface area contributed by atoms with Gasteiger partial charge in [-0.3, -0.25) is 4.79 Å². The number of ether oxygens (including phenoxy) is 1. The number of amides is 1. The Hall–Kier alpha value is -0.610. The fourth-order valence-electron chi connectivity index (χ4n) is 5.88. The smallest absolute Gasteiger partial charge is 0.254 e. The molecule has 0 N–H and O–H groups in total. The van der Waals surface area contributed by atoms with Crippen molar-refractivity contribution in [1.29, 1.82) is 0 Å². The number of carbonyl (C=O) groups is 1. The lowest BCUT2D eigenvalue weighted by molar-refractivity contribution is -0.150. The van der Waals surface area contributed by atoms with Crippen molar-refractivity contribution in [3.8, 4) is 0 Å². The lowest BCUT2D eigenvalue weighted by Gasteiger charge is -2.52. The van der Waals surface area contributed by atoms with E-state index in [1.165, 1.54) is 57.8 Å². The topological polar surface area (TPSA) is 32.8 Å². The molecule has 0 aromatic heterocycles. The average Bonchev–Trinajstić information content (AvgIpc) is 3.26. The molecule has 1 saturated heterocycles. The molecule has 25 heavy (non-hydrogen) atoms. The maximum absolute atomic E-state index is 12.8. The molecule has 1 aliphatic heterocycles. The second-order valence-electron chi connectivity index (χ2n) is 9.67. The molecule has 3 aliphatic rings. The van der Waals surface area contributed by atoms with Crippen molar-refractivity contribution in [2.24, 2.45) is 11.3 Å². The Morgan fingerprint density at radius 2 is 1.68 bits per heavy atom. The summed E-state index contributed by atoms with van der Waals surface area (Å²) in [6, 6.07) is 0. The second kappa shape index (κ2) is 6.84. The van der Waals surface area contributed by atoms with E-state index in [9.17, 15) is 4.79 Å². The molecule has 0 atom stereocenters. The summed E-state index contributed by atoms with van der Waals surface area (Å²) in [5, 5.41) is 0. The van der Waals surface area contributed by atoms with E-state index in [0.717, 1.165) is 19.0 Å². The van der Waals surface area contributed by atoms with Crippen LogP contribution in [0, 0.1) is 11.3 Å². The Balaban J connectivity index is 1.66. The zero-order chi connectivity index (χ0) is 18.3. The lowest BCUT2D eigenvalue weighted by Crippen LogP contribution is -2.54. The molecule has 0 bridgehead atoms. The Labute approximate surface area is 154 Å². The van der Waals surface area contributed by atoms with E-state index in [1.807, 2.05) is 13.8 Å². The first-order valence-electron chi connectivity index (χ1n) is 10.3. The monoisotopic (exact) mass is 350 g/mol. The van der Waals surface area contributed by atoms with Crippen LogP contribution in [0.25, 0.3) is 0 Å². The van der Waals surface area contributed by atoms with Gasteiger partial charge in [-0.25, -0.2) is 0 Å². The third-order valence-electron chi connectivity index (χ3n) is 7.93. The van der Waals surface area contributed by atoms with Crippen molar-refractivity contribution in [2.45, 2.75) is 82.8 Å². The van der Waals surface area contributed by atoms with Crippen molar-refractivity contribution in [1.82, 2.24) is 9.80 Å². The van der Waals surface area contributed by atoms with Crippen molar-refractivity contribution in [3.05, 3.63) is 0 Å². The Morgan fingerprint density at radius 1 is 1.08 bits per heavy atom. The molecule has 0 unspecified atom stereocenters. The third-order valence-corrected chi connectivity index (χ3v) is 7.93. The summed E-state index contributed by atoms with van der Waals surface area (Å²) in [5.74, 6) is 1.04. The van der Waals surface area contributed by atoms with Gasteiger partial charge in [0.1, 0.15) is 5.60 Å². The van der Waals surface area contributed by atoms with Gasteiger partial charge >= 0.3 is 0 Å². The van der Waals surface area contributed by atoms with E-state index in [2.05, 4.69) is 23.9 Å². The molecule has 0 aromatic carbocycles. The van der Waals surface area contributed by atoms with Crippen LogP contribution in [0.15, 0.2) is 0 Å². The van der Waals surface area contributed by atoms with Crippen LogP contribution in [0.3, 0.4) is 0 Å². The van der Waals surface area contributed by atoms with Crippen molar-refractivity contribution in [3.63, 3.8) is 0 Å². The molecular weight excluding hydrogens is 312 g/mol. The maximum atomic E-state index is 12.8. The standard InChI is InChI=1S/C21H38N2O2/c1-19(2,25-5)18(24)23-15-14-20(16-23)10-12-21(13-11-20,22(3)4)17-8-6-7-9-17/h17H,6-16H2,1-5H3.